The lowest BCUT2D eigenvalue weighted by Crippen LogP contribution is -2.57. The lowest BCUT2D eigenvalue weighted by molar-refractivity contribution is -0.135. The molecule has 2 heterocycles. The monoisotopic (exact) mass is 419 g/mol. The van der Waals surface area contributed by atoms with E-state index >= 15 is 0 Å². The van der Waals surface area contributed by atoms with Gasteiger partial charge >= 0.3 is 0 Å². The van der Waals surface area contributed by atoms with Gasteiger partial charge in [-0.25, -0.2) is 8.42 Å². The molecule has 8 nitrogen and oxygen atoms in total. The summed E-state index contributed by atoms with van der Waals surface area (Å²) in [5.41, 5.74) is 0. The van der Waals surface area contributed by atoms with Crippen molar-refractivity contribution in [2.75, 3.05) is 26.2 Å². The number of piperazine rings is 1. The Kier molecular flexibility index (Phi) is 6.39. The zero-order valence-corrected chi connectivity index (χ0v) is 17.3. The number of rotatable bonds is 6. The fourth-order valence-corrected chi connectivity index (χ4v) is 4.66. The molecule has 0 bridgehead atoms. The van der Waals surface area contributed by atoms with Gasteiger partial charge in [0.2, 0.25) is 15.9 Å². The highest BCUT2D eigenvalue weighted by Gasteiger charge is 2.34. The molecule has 1 unspecified atom stereocenters. The first-order valence-electron chi connectivity index (χ1n) is 9.49. The summed E-state index contributed by atoms with van der Waals surface area (Å²) in [6.45, 7) is 4.65. The molecule has 1 atom stereocenters. The predicted octanol–water partition coefficient (Wildman–Crippen LogP) is 1.57. The fraction of sp³-hybridized carbons (Fsp3) is 0.400. The van der Waals surface area contributed by atoms with Crippen LogP contribution in [0.25, 0.3) is 0 Å². The average molecular weight is 420 g/mol. The van der Waals surface area contributed by atoms with Gasteiger partial charge in [0.25, 0.3) is 5.91 Å². The van der Waals surface area contributed by atoms with Crippen molar-refractivity contribution < 1.29 is 22.4 Å². The van der Waals surface area contributed by atoms with Gasteiger partial charge in [0.05, 0.1) is 11.2 Å². The normalized spacial score (nSPS) is 16.6. The maximum Gasteiger partial charge on any atom is 0.287 e. The SMILES string of the molecule is CC(C)C(NC(=O)c1ccco1)C(=O)N1CCN(S(=O)(=O)c2ccccc2)CC1. The molecule has 1 N–H and O–H groups in total. The Morgan fingerprint density at radius 3 is 2.21 bits per heavy atom. The van der Waals surface area contributed by atoms with Crippen molar-refractivity contribution in [3.05, 3.63) is 54.5 Å². The second-order valence-electron chi connectivity index (χ2n) is 7.21. The molecule has 1 fully saturated rings. The van der Waals surface area contributed by atoms with E-state index in [0.29, 0.717) is 0 Å². The summed E-state index contributed by atoms with van der Waals surface area (Å²) in [4.78, 5) is 27.1. The zero-order chi connectivity index (χ0) is 21.0. The van der Waals surface area contributed by atoms with Gasteiger partial charge in [0, 0.05) is 26.2 Å². The lowest BCUT2D eigenvalue weighted by atomic mass is 10.0. The molecule has 0 aliphatic carbocycles. The van der Waals surface area contributed by atoms with E-state index in [-0.39, 0.29) is 48.7 Å². The van der Waals surface area contributed by atoms with Gasteiger partial charge in [-0.3, -0.25) is 9.59 Å². The van der Waals surface area contributed by atoms with E-state index in [2.05, 4.69) is 5.32 Å². The van der Waals surface area contributed by atoms with Crippen LogP contribution in [0.4, 0.5) is 0 Å². The van der Waals surface area contributed by atoms with Crippen LogP contribution in [-0.2, 0) is 14.8 Å². The number of carbonyl (C=O) groups excluding carboxylic acids is 2. The van der Waals surface area contributed by atoms with Gasteiger partial charge in [-0.2, -0.15) is 4.31 Å². The van der Waals surface area contributed by atoms with E-state index in [1.165, 1.54) is 16.6 Å². The minimum Gasteiger partial charge on any atom is -0.459 e. The van der Waals surface area contributed by atoms with E-state index in [9.17, 15) is 18.0 Å². The first kappa shape index (κ1) is 21.1. The van der Waals surface area contributed by atoms with E-state index in [0.717, 1.165) is 0 Å². The Balaban J connectivity index is 1.64. The molecule has 1 aliphatic heterocycles. The number of nitrogens with one attached hydrogen (secondary N) is 1. The van der Waals surface area contributed by atoms with Crippen LogP contribution in [0.2, 0.25) is 0 Å². The predicted molar refractivity (Wildman–Crippen MR) is 107 cm³/mol. The molecule has 1 saturated heterocycles. The molecule has 2 aromatic rings. The Morgan fingerprint density at radius 2 is 1.66 bits per heavy atom. The van der Waals surface area contributed by atoms with E-state index in [1.807, 2.05) is 13.8 Å². The van der Waals surface area contributed by atoms with Crippen LogP contribution in [0.15, 0.2) is 58.0 Å². The molecule has 29 heavy (non-hydrogen) atoms. The summed E-state index contributed by atoms with van der Waals surface area (Å²) in [6, 6.07) is 10.7. The third-order valence-electron chi connectivity index (χ3n) is 4.90. The first-order chi connectivity index (χ1) is 13.8. The fourth-order valence-electron chi connectivity index (χ4n) is 3.22. The third kappa shape index (κ3) is 4.68. The van der Waals surface area contributed by atoms with Gasteiger partial charge in [-0.05, 0) is 30.2 Å². The van der Waals surface area contributed by atoms with Crippen molar-refractivity contribution in [3.63, 3.8) is 0 Å². The molecule has 0 spiro atoms. The molecule has 156 valence electrons. The minimum atomic E-state index is -3.58. The number of sulfonamides is 1. The van der Waals surface area contributed by atoms with Crippen LogP contribution in [0.5, 0.6) is 0 Å². The van der Waals surface area contributed by atoms with Crippen molar-refractivity contribution in [1.29, 1.82) is 0 Å². The quantitative estimate of drug-likeness (QED) is 0.766. The number of benzene rings is 1. The molecule has 1 aliphatic rings. The molecular weight excluding hydrogens is 394 g/mol. The van der Waals surface area contributed by atoms with Gasteiger partial charge < -0.3 is 14.6 Å². The van der Waals surface area contributed by atoms with Crippen molar-refractivity contribution in [2.45, 2.75) is 24.8 Å². The molecule has 2 amide bonds. The number of amides is 2. The molecule has 3 rings (SSSR count). The Labute approximate surface area is 170 Å². The average Bonchev–Trinajstić information content (AvgIpc) is 3.27. The molecular formula is C20H25N3O5S. The number of hydrogen-bond acceptors (Lipinski definition) is 5. The number of carbonyl (C=O) groups is 2. The van der Waals surface area contributed by atoms with Crippen molar-refractivity contribution >= 4 is 21.8 Å². The smallest absolute Gasteiger partial charge is 0.287 e. The van der Waals surface area contributed by atoms with Gasteiger partial charge in [0.15, 0.2) is 5.76 Å². The lowest BCUT2D eigenvalue weighted by Gasteiger charge is -2.36. The van der Waals surface area contributed by atoms with Crippen LogP contribution in [-0.4, -0.2) is 61.7 Å². The van der Waals surface area contributed by atoms with E-state index in [4.69, 9.17) is 4.42 Å². The Hall–Kier alpha value is -2.65. The van der Waals surface area contributed by atoms with Crippen LogP contribution in [0.1, 0.15) is 24.4 Å². The summed E-state index contributed by atoms with van der Waals surface area (Å²) in [5.74, 6) is -0.668. The highest BCUT2D eigenvalue weighted by Crippen LogP contribution is 2.18. The third-order valence-corrected chi connectivity index (χ3v) is 6.81. The Morgan fingerprint density at radius 1 is 1.00 bits per heavy atom. The molecule has 0 saturated carbocycles. The maximum absolute atomic E-state index is 13.0. The summed E-state index contributed by atoms with van der Waals surface area (Å²) in [5, 5.41) is 2.73. The van der Waals surface area contributed by atoms with Crippen molar-refractivity contribution in [1.82, 2.24) is 14.5 Å². The molecule has 0 radical (unpaired) electrons. The van der Waals surface area contributed by atoms with Gasteiger partial charge in [-0.15, -0.1) is 0 Å². The maximum atomic E-state index is 13.0. The van der Waals surface area contributed by atoms with Gasteiger partial charge in [0.1, 0.15) is 6.04 Å². The minimum absolute atomic E-state index is 0.132. The first-order valence-corrected chi connectivity index (χ1v) is 10.9. The molecule has 1 aromatic heterocycles. The second kappa shape index (κ2) is 8.79. The number of furan rings is 1. The zero-order valence-electron chi connectivity index (χ0n) is 16.4. The largest absolute Gasteiger partial charge is 0.459 e. The van der Waals surface area contributed by atoms with Crippen molar-refractivity contribution in [2.24, 2.45) is 5.92 Å². The Bertz CT molecular complexity index is 934. The number of hydrogen-bond donors (Lipinski definition) is 1. The summed E-state index contributed by atoms with van der Waals surface area (Å²) in [7, 11) is -3.58. The highest BCUT2D eigenvalue weighted by molar-refractivity contribution is 7.89. The van der Waals surface area contributed by atoms with E-state index < -0.39 is 22.0 Å². The summed E-state index contributed by atoms with van der Waals surface area (Å²) in [6.07, 6.45) is 1.40. The van der Waals surface area contributed by atoms with Crippen LogP contribution in [0, 0.1) is 5.92 Å². The molecule has 9 heteroatoms. The highest BCUT2D eigenvalue weighted by atomic mass is 32.2. The van der Waals surface area contributed by atoms with Gasteiger partial charge in [-0.1, -0.05) is 32.0 Å². The summed E-state index contributed by atoms with van der Waals surface area (Å²) >= 11 is 0. The standard InChI is InChI=1S/C20H25N3O5S/c1-15(2)18(21-19(24)17-9-6-14-28-17)20(25)22-10-12-23(13-11-22)29(26,27)16-7-4-3-5-8-16/h3-9,14-15,18H,10-13H2,1-2H3,(H,21,24). The topological polar surface area (TPSA) is 99.9 Å². The van der Waals surface area contributed by atoms with E-state index in [1.54, 1.807) is 41.3 Å². The second-order valence-corrected chi connectivity index (χ2v) is 9.15. The van der Waals surface area contributed by atoms with Crippen LogP contribution < -0.4 is 5.32 Å². The van der Waals surface area contributed by atoms with Crippen LogP contribution in [0.3, 0.4) is 0 Å². The summed E-state index contributed by atoms with van der Waals surface area (Å²) < 4.78 is 31.9. The number of nitrogens with zero attached hydrogens (tertiary/aromatic N) is 2. The van der Waals surface area contributed by atoms with Crippen molar-refractivity contribution in [3.8, 4) is 0 Å². The molecule has 1 aromatic carbocycles. The van der Waals surface area contributed by atoms with Crippen LogP contribution >= 0.6 is 0 Å².